The van der Waals surface area contributed by atoms with Gasteiger partial charge in [-0.1, -0.05) is 0 Å². The summed E-state index contributed by atoms with van der Waals surface area (Å²) >= 11 is 0. The van der Waals surface area contributed by atoms with Crippen LogP contribution in [0, 0.1) is 0 Å². The van der Waals surface area contributed by atoms with Crippen molar-refractivity contribution < 1.29 is 13.9 Å². The van der Waals surface area contributed by atoms with E-state index in [4.69, 9.17) is 9.15 Å². The standard InChI is InChI=1S/C17H18N4O3.2ClH/c22-16(9-12-10-23-7-5-18-12)19-11-3-4-13-14(8-11)21-17(20-13)15-2-1-6-24-15;;/h1-4,6,8,12,18H,5,7,9-10H2,(H,19,22)(H,20,21);2*1H. The van der Waals surface area contributed by atoms with Gasteiger partial charge in [0.2, 0.25) is 5.91 Å². The average molecular weight is 399 g/mol. The fourth-order valence-electron chi connectivity index (χ4n) is 2.80. The predicted molar refractivity (Wildman–Crippen MR) is 104 cm³/mol. The molecule has 140 valence electrons. The second-order valence-corrected chi connectivity index (χ2v) is 5.77. The first-order valence-electron chi connectivity index (χ1n) is 7.92. The molecule has 0 spiro atoms. The molecule has 1 atom stereocenters. The Kier molecular flexibility index (Phi) is 7.05. The third kappa shape index (κ3) is 4.56. The van der Waals surface area contributed by atoms with Gasteiger partial charge < -0.3 is 24.8 Å². The van der Waals surface area contributed by atoms with Crippen molar-refractivity contribution in [3.8, 4) is 11.6 Å². The van der Waals surface area contributed by atoms with E-state index in [1.807, 2.05) is 30.3 Å². The Labute approximate surface area is 162 Å². The molecule has 1 amide bonds. The fourth-order valence-corrected chi connectivity index (χ4v) is 2.80. The normalized spacial score (nSPS) is 16.5. The van der Waals surface area contributed by atoms with Crippen LogP contribution in [0.4, 0.5) is 5.69 Å². The number of rotatable bonds is 4. The highest BCUT2D eigenvalue weighted by molar-refractivity contribution is 5.93. The van der Waals surface area contributed by atoms with E-state index in [0.29, 0.717) is 31.2 Å². The first kappa shape index (κ1) is 20.3. The number of nitrogens with zero attached hydrogens (tertiary/aromatic N) is 1. The minimum absolute atomic E-state index is 0. The van der Waals surface area contributed by atoms with Gasteiger partial charge >= 0.3 is 0 Å². The fraction of sp³-hybridized carbons (Fsp3) is 0.294. The highest BCUT2D eigenvalue weighted by atomic mass is 35.5. The molecule has 3 N–H and O–H groups in total. The molecule has 1 aliphatic heterocycles. The van der Waals surface area contributed by atoms with Crippen LogP contribution in [0.2, 0.25) is 0 Å². The number of carbonyl (C=O) groups excluding carboxylic acids is 1. The minimum atomic E-state index is -0.0388. The van der Waals surface area contributed by atoms with Gasteiger partial charge in [-0.2, -0.15) is 0 Å². The Morgan fingerprint density at radius 3 is 2.92 bits per heavy atom. The Hall–Kier alpha value is -2.06. The van der Waals surface area contributed by atoms with Gasteiger partial charge in [0.15, 0.2) is 11.6 Å². The molecular formula is C17H20Cl2N4O3. The number of amides is 1. The minimum Gasteiger partial charge on any atom is -0.461 e. The van der Waals surface area contributed by atoms with Crippen molar-refractivity contribution in [3.05, 3.63) is 36.6 Å². The summed E-state index contributed by atoms with van der Waals surface area (Å²) < 4.78 is 10.7. The van der Waals surface area contributed by atoms with Crippen molar-refractivity contribution in [3.63, 3.8) is 0 Å². The summed E-state index contributed by atoms with van der Waals surface area (Å²) in [5.74, 6) is 1.31. The third-order valence-corrected chi connectivity index (χ3v) is 3.95. The largest absolute Gasteiger partial charge is 0.461 e. The quantitative estimate of drug-likeness (QED) is 0.628. The van der Waals surface area contributed by atoms with E-state index in [0.717, 1.165) is 23.3 Å². The van der Waals surface area contributed by atoms with Gasteiger partial charge in [0.05, 0.1) is 30.5 Å². The van der Waals surface area contributed by atoms with Crippen LogP contribution in [-0.4, -0.2) is 41.7 Å². The first-order valence-corrected chi connectivity index (χ1v) is 7.92. The highest BCUT2D eigenvalue weighted by Gasteiger charge is 2.17. The van der Waals surface area contributed by atoms with Crippen molar-refractivity contribution in [1.82, 2.24) is 15.3 Å². The molecule has 0 aliphatic carbocycles. The lowest BCUT2D eigenvalue weighted by Crippen LogP contribution is -2.43. The second kappa shape index (κ2) is 9.05. The number of anilines is 1. The zero-order valence-electron chi connectivity index (χ0n) is 13.9. The maximum Gasteiger partial charge on any atom is 0.226 e. The Bertz CT molecular complexity index is 845. The molecule has 1 aliphatic rings. The van der Waals surface area contributed by atoms with Crippen LogP contribution in [0.3, 0.4) is 0 Å². The van der Waals surface area contributed by atoms with Crippen LogP contribution in [-0.2, 0) is 9.53 Å². The second-order valence-electron chi connectivity index (χ2n) is 5.77. The molecule has 7 nitrogen and oxygen atoms in total. The van der Waals surface area contributed by atoms with Gasteiger partial charge in [0, 0.05) is 24.7 Å². The van der Waals surface area contributed by atoms with Crippen LogP contribution >= 0.6 is 24.8 Å². The molecule has 1 fully saturated rings. The summed E-state index contributed by atoms with van der Waals surface area (Å²) in [7, 11) is 0. The molecule has 1 aromatic carbocycles. The van der Waals surface area contributed by atoms with Gasteiger partial charge in [0.25, 0.3) is 0 Å². The van der Waals surface area contributed by atoms with Crippen molar-refractivity contribution in [2.45, 2.75) is 12.5 Å². The van der Waals surface area contributed by atoms with Crippen LogP contribution in [0.5, 0.6) is 0 Å². The highest BCUT2D eigenvalue weighted by Crippen LogP contribution is 2.23. The van der Waals surface area contributed by atoms with E-state index in [1.165, 1.54) is 0 Å². The maximum atomic E-state index is 12.2. The molecule has 1 saturated heterocycles. The number of benzene rings is 1. The van der Waals surface area contributed by atoms with Crippen molar-refractivity contribution in [1.29, 1.82) is 0 Å². The molecule has 26 heavy (non-hydrogen) atoms. The predicted octanol–water partition coefficient (Wildman–Crippen LogP) is 2.98. The smallest absolute Gasteiger partial charge is 0.226 e. The number of furan rings is 1. The maximum absolute atomic E-state index is 12.2. The zero-order valence-corrected chi connectivity index (χ0v) is 15.5. The number of aromatic amines is 1. The molecule has 0 bridgehead atoms. The number of halogens is 2. The summed E-state index contributed by atoms with van der Waals surface area (Å²) in [6.45, 7) is 2.06. The number of morpholine rings is 1. The topological polar surface area (TPSA) is 92.2 Å². The number of aromatic nitrogens is 2. The van der Waals surface area contributed by atoms with E-state index in [9.17, 15) is 4.79 Å². The molecule has 9 heteroatoms. The summed E-state index contributed by atoms with van der Waals surface area (Å²) in [6.07, 6.45) is 2.00. The summed E-state index contributed by atoms with van der Waals surface area (Å²) in [6, 6.07) is 9.32. The zero-order chi connectivity index (χ0) is 16.4. The number of hydrogen-bond acceptors (Lipinski definition) is 5. The van der Waals surface area contributed by atoms with E-state index in [-0.39, 0.29) is 36.8 Å². The van der Waals surface area contributed by atoms with Crippen molar-refractivity contribution in [2.75, 3.05) is 25.1 Å². The Balaban J connectivity index is 0.00000121. The number of H-pyrrole nitrogens is 1. The van der Waals surface area contributed by atoms with Gasteiger partial charge in [-0.25, -0.2) is 4.98 Å². The van der Waals surface area contributed by atoms with Gasteiger partial charge in [0.1, 0.15) is 0 Å². The number of imidazole rings is 1. The lowest BCUT2D eigenvalue weighted by Gasteiger charge is -2.23. The molecule has 4 rings (SSSR count). The van der Waals surface area contributed by atoms with Crippen LogP contribution in [0.25, 0.3) is 22.6 Å². The molecule has 2 aromatic heterocycles. The average Bonchev–Trinajstić information content (AvgIpc) is 3.24. The van der Waals surface area contributed by atoms with Crippen molar-refractivity contribution in [2.24, 2.45) is 0 Å². The third-order valence-electron chi connectivity index (χ3n) is 3.95. The van der Waals surface area contributed by atoms with Crippen LogP contribution in [0.1, 0.15) is 6.42 Å². The molecule has 3 heterocycles. The van der Waals surface area contributed by atoms with E-state index in [1.54, 1.807) is 6.26 Å². The molecule has 1 unspecified atom stereocenters. The SMILES string of the molecule is Cl.Cl.O=C(CC1COCCN1)Nc1ccc2nc(-c3ccco3)[nH]c2c1. The first-order chi connectivity index (χ1) is 11.8. The molecule has 3 aromatic rings. The molecular weight excluding hydrogens is 379 g/mol. The number of carbonyl (C=O) groups is 1. The number of hydrogen-bond donors (Lipinski definition) is 3. The van der Waals surface area contributed by atoms with E-state index in [2.05, 4.69) is 20.6 Å². The monoisotopic (exact) mass is 398 g/mol. The van der Waals surface area contributed by atoms with E-state index < -0.39 is 0 Å². The summed E-state index contributed by atoms with van der Waals surface area (Å²) in [5.41, 5.74) is 2.40. The molecule has 0 saturated carbocycles. The summed E-state index contributed by atoms with van der Waals surface area (Å²) in [4.78, 5) is 19.8. The number of nitrogens with one attached hydrogen (secondary N) is 3. The van der Waals surface area contributed by atoms with Crippen LogP contribution < -0.4 is 10.6 Å². The number of ether oxygens (including phenoxy) is 1. The van der Waals surface area contributed by atoms with Crippen molar-refractivity contribution >= 4 is 47.4 Å². The van der Waals surface area contributed by atoms with Gasteiger partial charge in [-0.3, -0.25) is 4.79 Å². The lowest BCUT2D eigenvalue weighted by atomic mass is 10.2. The summed E-state index contributed by atoms with van der Waals surface area (Å²) in [5, 5.41) is 6.19. The lowest BCUT2D eigenvalue weighted by molar-refractivity contribution is -0.117. The van der Waals surface area contributed by atoms with Gasteiger partial charge in [-0.15, -0.1) is 24.8 Å². The van der Waals surface area contributed by atoms with E-state index >= 15 is 0 Å². The van der Waals surface area contributed by atoms with Gasteiger partial charge in [-0.05, 0) is 30.3 Å². The van der Waals surface area contributed by atoms with Crippen LogP contribution in [0.15, 0.2) is 41.0 Å². The Morgan fingerprint density at radius 1 is 1.31 bits per heavy atom. The Morgan fingerprint density at radius 2 is 2.19 bits per heavy atom. The molecule has 0 radical (unpaired) electrons. The number of fused-ring (bicyclic) bond motifs is 1.